The molecule has 0 unspecified atom stereocenters. The first-order chi connectivity index (χ1) is 24.6. The van der Waals surface area contributed by atoms with E-state index in [0.29, 0.717) is 19.6 Å². The molecule has 3 rings (SSSR count). The molecule has 3 heterocycles. The molecule has 15 atom stereocenters. The van der Waals surface area contributed by atoms with Gasteiger partial charge in [-0.15, -0.1) is 0 Å². The zero-order chi connectivity index (χ0) is 38.7. The third kappa shape index (κ3) is 12.2. The number of aliphatic hydroxyl groups excluding tert-OH is 12. The summed E-state index contributed by atoms with van der Waals surface area (Å²) in [6.07, 6.45) is -21.1. The maximum Gasteiger partial charge on any atom is 0.168 e. The average Bonchev–Trinajstić information content (AvgIpc) is 3.12. The fourth-order valence-electron chi connectivity index (χ4n) is 5.52. The Hall–Kier alpha value is -1.57. The molecular weight excluding hydrogens is 759 g/mol. The maximum absolute atomic E-state index is 10.3. The average molecular weight is 810 g/mol. The number of ether oxygens (including phenoxy) is 3. The molecule has 0 aliphatic carbocycles. The van der Waals surface area contributed by atoms with Gasteiger partial charge in [-0.2, -0.15) is 0 Å². The highest BCUT2D eigenvalue weighted by molar-refractivity contribution is 7.80. The molecule has 0 amide bonds. The van der Waals surface area contributed by atoms with Crippen LogP contribution in [-0.4, -0.2) is 233 Å². The standard InChI is InChI=1S/C27H51N7O15S3/c35-7-10-13(38)16(41)19(44)22(47-10)31-25(50)28-1-4-34(5-2-29-26(51)32-23-20(45)17(42)14(39)11(8-36)48-23)6-3-30-27(52)33-24-21(46)18(43)15(40)12(9-37)49-24/h10-24,35-46H,1-9H2,(H2,28,31,50)(H2,29,32,51)(H2,30,33,52)/t10-,11-,12-,13-,14-,15-,16+,17+,18+,19+,20+,21+,22+,23+,24+/m1/s1. The van der Waals surface area contributed by atoms with Crippen molar-refractivity contribution in [3.63, 3.8) is 0 Å². The van der Waals surface area contributed by atoms with Crippen LogP contribution in [0.2, 0.25) is 0 Å². The van der Waals surface area contributed by atoms with E-state index in [4.69, 9.17) is 50.9 Å². The number of nitrogens with one attached hydrogen (secondary N) is 6. The quantitative estimate of drug-likeness (QED) is 0.0683. The number of rotatable bonds is 15. The van der Waals surface area contributed by atoms with Crippen LogP contribution in [0.3, 0.4) is 0 Å². The predicted octanol–water partition coefficient (Wildman–Crippen LogP) is -9.92. The van der Waals surface area contributed by atoms with E-state index >= 15 is 0 Å². The molecule has 302 valence electrons. The third-order valence-electron chi connectivity index (χ3n) is 8.64. The van der Waals surface area contributed by atoms with Crippen molar-refractivity contribution in [3.8, 4) is 0 Å². The van der Waals surface area contributed by atoms with Gasteiger partial charge in [-0.05, 0) is 36.7 Å². The molecule has 3 saturated heterocycles. The Morgan fingerprint density at radius 3 is 0.904 bits per heavy atom. The van der Waals surface area contributed by atoms with Gasteiger partial charge in [-0.25, -0.2) is 0 Å². The van der Waals surface area contributed by atoms with Crippen molar-refractivity contribution in [3.05, 3.63) is 0 Å². The summed E-state index contributed by atoms with van der Waals surface area (Å²) in [6, 6.07) is 0. The SMILES string of the molecule is OC[C@H]1O[C@H](NC(=S)NCCN(CCNC(=S)N[C@H]2O[C@H](CO)[C@@H](O)[C@H](O)[C@@H]2O)CCNC(=S)N[C@H]2O[C@H](CO)[C@@H](O)[C@H](O)[C@@H]2O)[C@@H](O)[C@@H](O)[C@@H]1O. The summed E-state index contributed by atoms with van der Waals surface area (Å²) in [5, 5.41) is 136. The van der Waals surface area contributed by atoms with Crippen LogP contribution in [0.1, 0.15) is 0 Å². The Morgan fingerprint density at radius 2 is 0.673 bits per heavy atom. The van der Waals surface area contributed by atoms with Crippen LogP contribution in [0.15, 0.2) is 0 Å². The van der Waals surface area contributed by atoms with Crippen molar-refractivity contribution in [2.75, 3.05) is 59.1 Å². The minimum atomic E-state index is -1.59. The molecule has 25 heteroatoms. The van der Waals surface area contributed by atoms with Gasteiger partial charge in [0.05, 0.1) is 19.8 Å². The van der Waals surface area contributed by atoms with Gasteiger partial charge in [0.1, 0.15) is 73.2 Å². The molecule has 3 aliphatic heterocycles. The predicted molar refractivity (Wildman–Crippen MR) is 189 cm³/mol. The molecular formula is C27H51N7O15S3. The summed E-state index contributed by atoms with van der Waals surface area (Å²) in [7, 11) is 0. The van der Waals surface area contributed by atoms with Crippen LogP contribution in [0.4, 0.5) is 0 Å². The minimum absolute atomic E-state index is 0.0374. The fraction of sp³-hybridized carbons (Fsp3) is 0.889. The second kappa shape index (κ2) is 21.5. The zero-order valence-electron chi connectivity index (χ0n) is 27.8. The monoisotopic (exact) mass is 809 g/mol. The van der Waals surface area contributed by atoms with E-state index in [-0.39, 0.29) is 35.0 Å². The molecule has 0 saturated carbocycles. The number of hydrogen-bond donors (Lipinski definition) is 18. The van der Waals surface area contributed by atoms with Gasteiger partial charge in [0.2, 0.25) is 0 Å². The normalized spacial score (nSPS) is 37.9. The third-order valence-corrected chi connectivity index (χ3v) is 9.42. The van der Waals surface area contributed by atoms with E-state index < -0.39 is 112 Å². The molecule has 0 aromatic rings. The van der Waals surface area contributed by atoms with E-state index in [2.05, 4.69) is 31.9 Å². The minimum Gasteiger partial charge on any atom is -0.394 e. The van der Waals surface area contributed by atoms with Gasteiger partial charge in [0.25, 0.3) is 0 Å². The second-order valence-electron chi connectivity index (χ2n) is 12.3. The van der Waals surface area contributed by atoms with Gasteiger partial charge < -0.3 is 107 Å². The second-order valence-corrected chi connectivity index (χ2v) is 13.5. The number of aliphatic hydroxyl groups is 12. The Kier molecular flexibility index (Phi) is 18.5. The molecule has 0 aromatic heterocycles. The maximum atomic E-state index is 10.3. The summed E-state index contributed by atoms with van der Waals surface area (Å²) < 4.78 is 16.2. The van der Waals surface area contributed by atoms with E-state index in [9.17, 15) is 61.3 Å². The van der Waals surface area contributed by atoms with Crippen LogP contribution in [0.5, 0.6) is 0 Å². The molecule has 18 N–H and O–H groups in total. The first-order valence-corrected chi connectivity index (χ1v) is 17.6. The molecule has 0 aromatic carbocycles. The van der Waals surface area contributed by atoms with Crippen molar-refractivity contribution >= 4 is 52.0 Å². The fourth-order valence-corrected chi connectivity index (χ4v) is 6.18. The van der Waals surface area contributed by atoms with E-state index in [1.165, 1.54) is 0 Å². The largest absolute Gasteiger partial charge is 0.394 e. The lowest BCUT2D eigenvalue weighted by atomic mass is 9.98. The number of hydrogen-bond acceptors (Lipinski definition) is 19. The van der Waals surface area contributed by atoms with Crippen molar-refractivity contribution in [2.24, 2.45) is 0 Å². The first kappa shape index (κ1) is 44.8. The van der Waals surface area contributed by atoms with Gasteiger partial charge >= 0.3 is 0 Å². The summed E-state index contributed by atoms with van der Waals surface area (Å²) >= 11 is 15.9. The van der Waals surface area contributed by atoms with Crippen LogP contribution in [0, 0.1) is 0 Å². The van der Waals surface area contributed by atoms with Crippen molar-refractivity contribution < 1.29 is 75.5 Å². The van der Waals surface area contributed by atoms with Gasteiger partial charge in [-0.3, -0.25) is 4.90 Å². The smallest absolute Gasteiger partial charge is 0.168 e. The number of thiocarbonyl (C=S) groups is 3. The molecule has 3 aliphatic rings. The molecule has 0 radical (unpaired) electrons. The molecule has 52 heavy (non-hydrogen) atoms. The first-order valence-electron chi connectivity index (χ1n) is 16.4. The lowest BCUT2D eigenvalue weighted by Gasteiger charge is -2.40. The highest BCUT2D eigenvalue weighted by atomic mass is 32.1. The van der Waals surface area contributed by atoms with E-state index in [1.807, 2.05) is 4.90 Å². The van der Waals surface area contributed by atoms with Crippen molar-refractivity contribution in [1.29, 1.82) is 0 Å². The summed E-state index contributed by atoms with van der Waals surface area (Å²) in [6.45, 7) is -0.0615. The lowest BCUT2D eigenvalue weighted by Crippen LogP contribution is -2.64. The van der Waals surface area contributed by atoms with Crippen LogP contribution in [0.25, 0.3) is 0 Å². The van der Waals surface area contributed by atoms with Crippen molar-refractivity contribution in [1.82, 2.24) is 36.8 Å². The van der Waals surface area contributed by atoms with Gasteiger partial charge in [0.15, 0.2) is 34.0 Å². The highest BCUT2D eigenvalue weighted by Crippen LogP contribution is 2.21. The van der Waals surface area contributed by atoms with Crippen LogP contribution >= 0.6 is 36.7 Å². The van der Waals surface area contributed by atoms with Gasteiger partial charge in [-0.1, -0.05) is 0 Å². The highest BCUT2D eigenvalue weighted by Gasteiger charge is 2.45. The summed E-state index contributed by atoms with van der Waals surface area (Å²) in [5.74, 6) is 0. The molecule has 0 spiro atoms. The Bertz CT molecular complexity index is 1010. The van der Waals surface area contributed by atoms with Crippen LogP contribution in [-0.2, 0) is 14.2 Å². The van der Waals surface area contributed by atoms with Gasteiger partial charge in [0, 0.05) is 39.3 Å². The zero-order valence-corrected chi connectivity index (χ0v) is 30.2. The molecule has 0 bridgehead atoms. The Morgan fingerprint density at radius 1 is 0.423 bits per heavy atom. The Labute approximate surface area is 314 Å². The summed E-state index contributed by atoms with van der Waals surface area (Å²) in [5.41, 5.74) is 0. The van der Waals surface area contributed by atoms with E-state index in [1.54, 1.807) is 0 Å². The molecule has 3 fully saturated rings. The molecule has 22 nitrogen and oxygen atoms in total. The lowest BCUT2D eigenvalue weighted by molar-refractivity contribution is -0.232. The van der Waals surface area contributed by atoms with Crippen LogP contribution < -0.4 is 31.9 Å². The Balaban J connectivity index is 1.52. The summed E-state index contributed by atoms with van der Waals surface area (Å²) in [4.78, 5) is 1.93. The topological polar surface area (TPSA) is 346 Å². The van der Waals surface area contributed by atoms with Crippen molar-refractivity contribution in [2.45, 2.75) is 91.9 Å². The van der Waals surface area contributed by atoms with E-state index in [0.717, 1.165) is 0 Å². The number of nitrogens with zero attached hydrogens (tertiary/aromatic N) is 1.